The highest BCUT2D eigenvalue weighted by Gasteiger charge is 2.27. The number of carbonyl (C=O) groups excluding carboxylic acids is 1. The van der Waals surface area contributed by atoms with Crippen molar-refractivity contribution in [2.45, 2.75) is 38.1 Å². The van der Waals surface area contributed by atoms with E-state index in [4.69, 9.17) is 0 Å². The zero-order valence-corrected chi connectivity index (χ0v) is 15.9. The second kappa shape index (κ2) is 8.57. The van der Waals surface area contributed by atoms with Gasteiger partial charge in [-0.2, -0.15) is 0 Å². The number of amides is 2. The van der Waals surface area contributed by atoms with Crippen molar-refractivity contribution in [2.24, 2.45) is 5.92 Å². The topological polar surface area (TPSA) is 44.4 Å². The first-order valence-corrected chi connectivity index (χ1v) is 10.2. The van der Waals surface area contributed by atoms with E-state index in [0.717, 1.165) is 49.5 Å². The fourth-order valence-electron chi connectivity index (χ4n) is 3.88. The van der Waals surface area contributed by atoms with Crippen molar-refractivity contribution in [3.8, 4) is 0 Å². The minimum atomic E-state index is -0.0869. The van der Waals surface area contributed by atoms with Gasteiger partial charge >= 0.3 is 6.03 Å². The second-order valence-corrected chi connectivity index (χ2v) is 7.94. The Kier molecular flexibility index (Phi) is 5.73. The smallest absolute Gasteiger partial charge is 0.319 e. The molecule has 1 heterocycles. The predicted molar refractivity (Wildman–Crippen MR) is 110 cm³/mol. The molecule has 2 aliphatic rings. The molecule has 27 heavy (non-hydrogen) atoms. The number of para-hydroxylation sites is 1. The van der Waals surface area contributed by atoms with Gasteiger partial charge in [-0.15, -0.1) is 0 Å². The van der Waals surface area contributed by atoms with Crippen molar-refractivity contribution >= 4 is 11.7 Å². The number of anilines is 1. The van der Waals surface area contributed by atoms with Crippen molar-refractivity contribution in [1.82, 2.24) is 10.2 Å². The van der Waals surface area contributed by atoms with Gasteiger partial charge < -0.3 is 15.5 Å². The molecule has 0 bridgehead atoms. The standard InChI is InChI=1S/C23H29N3O/c27-23(24-21-12-14-26(15-13-21)17-19-10-11-19)25-22-9-5-4-8-20(22)16-18-6-2-1-3-7-18/h1-9,19,21H,10-17H2,(H2,24,25,27). The molecule has 0 atom stereocenters. The summed E-state index contributed by atoms with van der Waals surface area (Å²) < 4.78 is 0. The van der Waals surface area contributed by atoms with E-state index in [1.165, 1.54) is 24.9 Å². The number of benzene rings is 2. The molecule has 0 unspecified atom stereocenters. The Morgan fingerprint density at radius 2 is 1.63 bits per heavy atom. The summed E-state index contributed by atoms with van der Waals surface area (Å²) in [6.45, 7) is 3.46. The Hall–Kier alpha value is -2.33. The summed E-state index contributed by atoms with van der Waals surface area (Å²) in [6.07, 6.45) is 5.72. The van der Waals surface area contributed by atoms with Crippen LogP contribution >= 0.6 is 0 Å². The monoisotopic (exact) mass is 363 g/mol. The summed E-state index contributed by atoms with van der Waals surface area (Å²) in [4.78, 5) is 15.1. The number of likely N-dealkylation sites (tertiary alicyclic amines) is 1. The van der Waals surface area contributed by atoms with Crippen LogP contribution in [0.15, 0.2) is 54.6 Å². The first-order valence-electron chi connectivity index (χ1n) is 10.2. The molecule has 2 aromatic rings. The van der Waals surface area contributed by atoms with Crippen LogP contribution < -0.4 is 10.6 Å². The Morgan fingerprint density at radius 1 is 0.926 bits per heavy atom. The van der Waals surface area contributed by atoms with Crippen LogP contribution in [0.5, 0.6) is 0 Å². The highest BCUT2D eigenvalue weighted by atomic mass is 16.2. The van der Waals surface area contributed by atoms with Crippen LogP contribution in [0.2, 0.25) is 0 Å². The predicted octanol–water partition coefficient (Wildman–Crippen LogP) is 4.27. The molecule has 0 radical (unpaired) electrons. The fourth-order valence-corrected chi connectivity index (χ4v) is 3.88. The molecule has 4 heteroatoms. The lowest BCUT2D eigenvalue weighted by atomic mass is 10.0. The second-order valence-electron chi connectivity index (χ2n) is 7.94. The molecule has 4 rings (SSSR count). The Morgan fingerprint density at radius 3 is 2.37 bits per heavy atom. The molecule has 2 N–H and O–H groups in total. The maximum Gasteiger partial charge on any atom is 0.319 e. The maximum absolute atomic E-state index is 12.5. The van der Waals surface area contributed by atoms with Crippen molar-refractivity contribution in [3.63, 3.8) is 0 Å². The lowest BCUT2D eigenvalue weighted by Gasteiger charge is -2.32. The van der Waals surface area contributed by atoms with Gasteiger partial charge in [-0.25, -0.2) is 4.79 Å². The lowest BCUT2D eigenvalue weighted by Crippen LogP contribution is -2.46. The van der Waals surface area contributed by atoms with Crippen LogP contribution in [0.1, 0.15) is 36.8 Å². The zero-order valence-electron chi connectivity index (χ0n) is 15.9. The minimum absolute atomic E-state index is 0.0869. The Balaban J connectivity index is 1.29. The van der Waals surface area contributed by atoms with Crippen LogP contribution in [0.3, 0.4) is 0 Å². The number of piperidine rings is 1. The largest absolute Gasteiger partial charge is 0.335 e. The molecule has 142 valence electrons. The SMILES string of the molecule is O=C(Nc1ccccc1Cc1ccccc1)NC1CCN(CC2CC2)CC1. The third kappa shape index (κ3) is 5.33. The van der Waals surface area contributed by atoms with Gasteiger partial charge in [-0.3, -0.25) is 0 Å². The highest BCUT2D eigenvalue weighted by molar-refractivity contribution is 5.90. The van der Waals surface area contributed by atoms with Gasteiger partial charge in [-0.1, -0.05) is 48.5 Å². The van der Waals surface area contributed by atoms with Gasteiger partial charge in [0.15, 0.2) is 0 Å². The molecule has 0 aromatic heterocycles. The third-order valence-electron chi connectivity index (χ3n) is 5.64. The molecule has 1 saturated heterocycles. The molecule has 1 aliphatic carbocycles. The summed E-state index contributed by atoms with van der Waals surface area (Å²) in [7, 11) is 0. The number of hydrogen-bond donors (Lipinski definition) is 2. The summed E-state index contributed by atoms with van der Waals surface area (Å²) >= 11 is 0. The van der Waals surface area contributed by atoms with Crippen LogP contribution in [0.4, 0.5) is 10.5 Å². The van der Waals surface area contributed by atoms with Crippen LogP contribution in [-0.2, 0) is 6.42 Å². The summed E-state index contributed by atoms with van der Waals surface area (Å²) in [5.74, 6) is 0.943. The van der Waals surface area contributed by atoms with Crippen molar-refractivity contribution in [1.29, 1.82) is 0 Å². The van der Waals surface area contributed by atoms with E-state index in [1.807, 2.05) is 36.4 Å². The number of nitrogens with zero attached hydrogens (tertiary/aromatic N) is 1. The molecule has 1 saturated carbocycles. The summed E-state index contributed by atoms with van der Waals surface area (Å²) in [6, 6.07) is 18.6. The van der Waals surface area contributed by atoms with Gasteiger partial charge in [0.1, 0.15) is 0 Å². The minimum Gasteiger partial charge on any atom is -0.335 e. The van der Waals surface area contributed by atoms with E-state index in [-0.39, 0.29) is 12.1 Å². The molecular formula is C23H29N3O. The number of hydrogen-bond acceptors (Lipinski definition) is 2. The van der Waals surface area contributed by atoms with E-state index in [9.17, 15) is 4.79 Å². The van der Waals surface area contributed by atoms with Crippen LogP contribution in [0.25, 0.3) is 0 Å². The first-order chi connectivity index (χ1) is 13.3. The molecule has 4 nitrogen and oxygen atoms in total. The number of urea groups is 1. The molecule has 0 spiro atoms. The van der Waals surface area contributed by atoms with Gasteiger partial charge in [0.05, 0.1) is 0 Å². The molecule has 2 amide bonds. The molecule has 2 fully saturated rings. The van der Waals surface area contributed by atoms with E-state index >= 15 is 0 Å². The number of nitrogens with one attached hydrogen (secondary N) is 2. The van der Waals surface area contributed by atoms with E-state index < -0.39 is 0 Å². The Labute approximate surface area is 162 Å². The zero-order chi connectivity index (χ0) is 18.5. The Bertz CT molecular complexity index is 749. The number of rotatable bonds is 6. The van der Waals surface area contributed by atoms with Gasteiger partial charge in [0.25, 0.3) is 0 Å². The average molecular weight is 364 g/mol. The summed E-state index contributed by atoms with van der Waals surface area (Å²) in [5.41, 5.74) is 3.28. The van der Waals surface area contributed by atoms with E-state index in [1.54, 1.807) is 0 Å². The highest BCUT2D eigenvalue weighted by Crippen LogP contribution is 2.30. The van der Waals surface area contributed by atoms with Gasteiger partial charge in [0, 0.05) is 31.4 Å². The molecule has 2 aromatic carbocycles. The molecule has 1 aliphatic heterocycles. The van der Waals surface area contributed by atoms with Crippen molar-refractivity contribution < 1.29 is 4.79 Å². The van der Waals surface area contributed by atoms with E-state index in [2.05, 4.69) is 33.7 Å². The number of carbonyl (C=O) groups is 1. The third-order valence-corrected chi connectivity index (χ3v) is 5.64. The fraction of sp³-hybridized carbons (Fsp3) is 0.435. The van der Waals surface area contributed by atoms with E-state index in [0.29, 0.717) is 0 Å². The lowest BCUT2D eigenvalue weighted by molar-refractivity contribution is 0.190. The van der Waals surface area contributed by atoms with Crippen LogP contribution in [0, 0.1) is 5.92 Å². The quantitative estimate of drug-likeness (QED) is 0.805. The van der Waals surface area contributed by atoms with Gasteiger partial charge in [0.2, 0.25) is 0 Å². The van der Waals surface area contributed by atoms with Gasteiger partial charge in [-0.05, 0) is 55.2 Å². The average Bonchev–Trinajstić information content (AvgIpc) is 3.50. The normalized spacial score (nSPS) is 18.2. The maximum atomic E-state index is 12.5. The molecular weight excluding hydrogens is 334 g/mol. The van der Waals surface area contributed by atoms with Crippen LogP contribution in [-0.4, -0.2) is 36.6 Å². The van der Waals surface area contributed by atoms with Crippen molar-refractivity contribution in [3.05, 3.63) is 65.7 Å². The first kappa shape index (κ1) is 18.1. The summed E-state index contributed by atoms with van der Waals surface area (Å²) in [5, 5.41) is 6.24. The van der Waals surface area contributed by atoms with Crippen molar-refractivity contribution in [2.75, 3.05) is 25.0 Å².